The largest absolute Gasteiger partial charge is 0.494 e. The number of aromatic nitrogens is 2. The van der Waals surface area contributed by atoms with E-state index in [2.05, 4.69) is 20.9 Å². The van der Waals surface area contributed by atoms with Gasteiger partial charge in [0.05, 0.1) is 17.1 Å². The standard InChI is InChI=1S/C25H16BrN3O3/c26-16-10-12-17(13-11-16)29-24(31)20(23(30)28-25(29)32)14-19-18-8-4-5-9-21(18)27-22(19)15-6-2-1-3-7-15/h1-14,31H,(H,28,30,32)/b19-14+. The van der Waals surface area contributed by atoms with Crippen LogP contribution in [0.3, 0.4) is 0 Å². The van der Waals surface area contributed by atoms with Gasteiger partial charge in [-0.15, -0.1) is 0 Å². The maximum Gasteiger partial charge on any atom is 0.335 e. The zero-order chi connectivity index (χ0) is 22.2. The quantitative estimate of drug-likeness (QED) is 0.441. The van der Waals surface area contributed by atoms with Gasteiger partial charge in [0.2, 0.25) is 5.88 Å². The lowest BCUT2D eigenvalue weighted by Crippen LogP contribution is -2.30. The molecule has 2 heterocycles. The van der Waals surface area contributed by atoms with E-state index >= 15 is 0 Å². The number of allylic oxidation sites excluding steroid dienone is 1. The van der Waals surface area contributed by atoms with E-state index in [1.807, 2.05) is 54.6 Å². The van der Waals surface area contributed by atoms with Gasteiger partial charge in [-0.1, -0.05) is 64.5 Å². The molecule has 1 aromatic heterocycles. The summed E-state index contributed by atoms with van der Waals surface area (Å²) in [5, 5.41) is 11.0. The van der Waals surface area contributed by atoms with Crippen molar-refractivity contribution >= 4 is 39.0 Å². The number of hydrogen-bond donors (Lipinski definition) is 2. The van der Waals surface area contributed by atoms with Crippen molar-refractivity contribution in [3.8, 4) is 11.6 Å². The van der Waals surface area contributed by atoms with Crippen LogP contribution >= 0.6 is 15.9 Å². The number of rotatable bonds is 3. The molecule has 7 heteroatoms. The lowest BCUT2D eigenvalue weighted by Gasteiger charge is -2.11. The van der Waals surface area contributed by atoms with E-state index in [0.29, 0.717) is 17.0 Å². The molecule has 0 fully saturated rings. The van der Waals surface area contributed by atoms with Crippen LogP contribution in [0.2, 0.25) is 0 Å². The van der Waals surface area contributed by atoms with Crippen LogP contribution in [-0.4, -0.2) is 20.4 Å². The summed E-state index contributed by atoms with van der Waals surface area (Å²) in [4.78, 5) is 32.3. The van der Waals surface area contributed by atoms with Crippen LogP contribution in [0.15, 0.2) is 97.9 Å². The summed E-state index contributed by atoms with van der Waals surface area (Å²) in [6.07, 6.45) is 1.58. The summed E-state index contributed by atoms with van der Waals surface area (Å²) in [6, 6.07) is 24.0. The number of para-hydroxylation sites is 1. The van der Waals surface area contributed by atoms with Crippen molar-refractivity contribution in [1.29, 1.82) is 0 Å². The zero-order valence-corrected chi connectivity index (χ0v) is 18.2. The third-order valence-corrected chi connectivity index (χ3v) is 5.75. The Balaban J connectivity index is 1.74. The summed E-state index contributed by atoms with van der Waals surface area (Å²) in [5.41, 5.74) is 2.87. The van der Waals surface area contributed by atoms with Crippen LogP contribution in [-0.2, 0) is 0 Å². The number of benzene rings is 3. The Morgan fingerprint density at radius 3 is 2.34 bits per heavy atom. The molecule has 0 aliphatic carbocycles. The van der Waals surface area contributed by atoms with Crippen LogP contribution in [0.4, 0.5) is 5.69 Å². The minimum Gasteiger partial charge on any atom is -0.494 e. The minimum atomic E-state index is -0.722. The van der Waals surface area contributed by atoms with Gasteiger partial charge in [0.25, 0.3) is 5.56 Å². The second kappa shape index (κ2) is 7.94. The Morgan fingerprint density at radius 1 is 0.906 bits per heavy atom. The third-order valence-electron chi connectivity index (χ3n) is 5.22. The molecule has 4 aromatic rings. The highest BCUT2D eigenvalue weighted by Crippen LogP contribution is 2.38. The second-order valence-corrected chi connectivity index (χ2v) is 8.13. The predicted molar refractivity (Wildman–Crippen MR) is 129 cm³/mol. The van der Waals surface area contributed by atoms with Gasteiger partial charge >= 0.3 is 5.69 Å². The molecule has 6 nitrogen and oxygen atoms in total. The number of aliphatic imine (C=N–C) groups is 1. The minimum absolute atomic E-state index is 0.0251. The van der Waals surface area contributed by atoms with Gasteiger partial charge in [0, 0.05) is 21.2 Å². The van der Waals surface area contributed by atoms with Gasteiger partial charge in [0.15, 0.2) is 0 Å². The molecule has 2 N–H and O–H groups in total. The van der Waals surface area contributed by atoms with E-state index in [0.717, 1.165) is 25.9 Å². The molecule has 1 aliphatic rings. The molecule has 156 valence electrons. The van der Waals surface area contributed by atoms with Crippen molar-refractivity contribution in [2.75, 3.05) is 0 Å². The highest BCUT2D eigenvalue weighted by molar-refractivity contribution is 9.10. The molecule has 0 amide bonds. The van der Waals surface area contributed by atoms with Crippen molar-refractivity contribution in [2.45, 2.75) is 0 Å². The van der Waals surface area contributed by atoms with Gasteiger partial charge in [-0.25, -0.2) is 14.4 Å². The Morgan fingerprint density at radius 2 is 1.59 bits per heavy atom. The van der Waals surface area contributed by atoms with Crippen LogP contribution in [0.1, 0.15) is 16.7 Å². The van der Waals surface area contributed by atoms with Crippen molar-refractivity contribution in [2.24, 2.45) is 4.99 Å². The third kappa shape index (κ3) is 3.42. The molecule has 0 bridgehead atoms. The summed E-state index contributed by atoms with van der Waals surface area (Å²) in [7, 11) is 0. The number of aromatic amines is 1. The fraction of sp³-hybridized carbons (Fsp3) is 0. The average molecular weight is 486 g/mol. The summed E-state index contributed by atoms with van der Waals surface area (Å²) >= 11 is 3.35. The molecule has 0 saturated carbocycles. The molecule has 0 atom stereocenters. The Hall–Kier alpha value is -3.97. The van der Waals surface area contributed by atoms with E-state index in [1.54, 1.807) is 30.3 Å². The van der Waals surface area contributed by atoms with Crippen LogP contribution in [0.5, 0.6) is 5.88 Å². The van der Waals surface area contributed by atoms with E-state index < -0.39 is 17.1 Å². The number of nitrogens with one attached hydrogen (secondary N) is 1. The highest BCUT2D eigenvalue weighted by atomic mass is 79.9. The Kier molecular flexibility index (Phi) is 4.95. The number of halogens is 1. The number of aromatic hydroxyl groups is 1. The molecule has 0 saturated heterocycles. The van der Waals surface area contributed by atoms with E-state index in [9.17, 15) is 14.7 Å². The Labute approximate surface area is 191 Å². The lowest BCUT2D eigenvalue weighted by molar-refractivity contribution is 0.429. The lowest BCUT2D eigenvalue weighted by atomic mass is 9.96. The summed E-state index contributed by atoms with van der Waals surface area (Å²) < 4.78 is 1.90. The first-order chi connectivity index (χ1) is 15.5. The number of fused-ring (bicyclic) bond motifs is 1. The average Bonchev–Trinajstić information content (AvgIpc) is 3.17. The number of nitrogens with zero attached hydrogens (tertiary/aromatic N) is 2. The molecular formula is C25H16BrN3O3. The maximum atomic E-state index is 12.7. The molecule has 0 spiro atoms. The van der Waals surface area contributed by atoms with Crippen molar-refractivity contribution in [1.82, 2.24) is 9.55 Å². The van der Waals surface area contributed by atoms with Crippen molar-refractivity contribution in [3.05, 3.63) is 121 Å². The maximum absolute atomic E-state index is 12.7. The second-order valence-electron chi connectivity index (χ2n) is 7.21. The molecule has 0 radical (unpaired) electrons. The monoisotopic (exact) mass is 485 g/mol. The molecule has 0 unspecified atom stereocenters. The summed E-state index contributed by atoms with van der Waals surface area (Å²) in [5.74, 6) is -0.439. The van der Waals surface area contributed by atoms with Crippen molar-refractivity contribution in [3.63, 3.8) is 0 Å². The molecule has 1 aliphatic heterocycles. The van der Waals surface area contributed by atoms with Crippen LogP contribution in [0.25, 0.3) is 17.3 Å². The van der Waals surface area contributed by atoms with E-state index in [4.69, 9.17) is 4.99 Å². The fourth-order valence-corrected chi connectivity index (χ4v) is 3.98. The molecule has 3 aromatic carbocycles. The SMILES string of the molecule is O=c1[nH]c(=O)n(-c2ccc(Br)cc2)c(O)c1/C=C1/C(c2ccccc2)=Nc2ccccc21. The number of H-pyrrole nitrogens is 1. The zero-order valence-electron chi connectivity index (χ0n) is 16.6. The van der Waals surface area contributed by atoms with Gasteiger partial charge in [0.1, 0.15) is 5.56 Å². The predicted octanol–water partition coefficient (Wildman–Crippen LogP) is 4.67. The normalized spacial score (nSPS) is 13.8. The molecule has 32 heavy (non-hydrogen) atoms. The molecular weight excluding hydrogens is 470 g/mol. The first-order valence-electron chi connectivity index (χ1n) is 9.83. The Bertz CT molecular complexity index is 1520. The van der Waals surface area contributed by atoms with Crippen LogP contribution < -0.4 is 11.2 Å². The topological polar surface area (TPSA) is 87.5 Å². The first-order valence-corrected chi connectivity index (χ1v) is 10.6. The first kappa shape index (κ1) is 20.0. The van der Waals surface area contributed by atoms with E-state index in [-0.39, 0.29) is 5.56 Å². The summed E-state index contributed by atoms with van der Waals surface area (Å²) in [6.45, 7) is 0. The fourth-order valence-electron chi connectivity index (χ4n) is 3.71. The van der Waals surface area contributed by atoms with Gasteiger partial charge in [-0.3, -0.25) is 9.78 Å². The number of hydrogen-bond acceptors (Lipinski definition) is 4. The van der Waals surface area contributed by atoms with Gasteiger partial charge in [-0.05, 0) is 36.4 Å². The highest BCUT2D eigenvalue weighted by Gasteiger charge is 2.24. The van der Waals surface area contributed by atoms with E-state index in [1.165, 1.54) is 0 Å². The van der Waals surface area contributed by atoms with Gasteiger partial charge in [-0.2, -0.15) is 0 Å². The van der Waals surface area contributed by atoms with Crippen LogP contribution in [0, 0.1) is 0 Å². The van der Waals surface area contributed by atoms with Gasteiger partial charge < -0.3 is 5.11 Å². The molecule has 5 rings (SSSR count). The smallest absolute Gasteiger partial charge is 0.335 e. The van der Waals surface area contributed by atoms with Crippen molar-refractivity contribution < 1.29 is 5.11 Å².